The van der Waals surface area contributed by atoms with Crippen molar-refractivity contribution >= 4 is 5.82 Å². The topological polar surface area (TPSA) is 59.9 Å². The maximum absolute atomic E-state index is 5.18. The number of hydrogen-bond donors (Lipinski definition) is 1. The van der Waals surface area contributed by atoms with Gasteiger partial charge in [-0.2, -0.15) is 0 Å². The minimum Gasteiger partial charge on any atom is -0.481 e. The van der Waals surface area contributed by atoms with Crippen LogP contribution in [-0.2, 0) is 0 Å². The number of nitrogens with one attached hydrogen (secondary N) is 1. The summed E-state index contributed by atoms with van der Waals surface area (Å²) in [7, 11) is 1.59. The number of anilines is 1. The third-order valence-corrected chi connectivity index (χ3v) is 4.03. The Hall–Kier alpha value is -2.95. The van der Waals surface area contributed by atoms with Crippen LogP contribution in [0.2, 0.25) is 0 Å². The minimum absolute atomic E-state index is 0.0578. The van der Waals surface area contributed by atoms with E-state index in [-0.39, 0.29) is 6.04 Å². The largest absolute Gasteiger partial charge is 0.481 e. The van der Waals surface area contributed by atoms with Crippen LogP contribution in [0.4, 0.5) is 5.82 Å². The Bertz CT molecular complexity index is 821. The molecule has 0 aliphatic rings. The van der Waals surface area contributed by atoms with Crippen LogP contribution < -0.4 is 10.1 Å². The van der Waals surface area contributed by atoms with Crippen molar-refractivity contribution < 1.29 is 4.74 Å². The Morgan fingerprint density at radius 3 is 2.58 bits per heavy atom. The first-order chi connectivity index (χ1) is 11.7. The van der Waals surface area contributed by atoms with Gasteiger partial charge in [0, 0.05) is 18.5 Å². The molecule has 0 saturated carbocycles. The van der Waals surface area contributed by atoms with E-state index in [0.717, 1.165) is 11.1 Å². The number of aromatic nitrogens is 3. The summed E-state index contributed by atoms with van der Waals surface area (Å²) in [6.07, 6.45) is 5.13. The van der Waals surface area contributed by atoms with Gasteiger partial charge in [0.05, 0.1) is 13.2 Å². The van der Waals surface area contributed by atoms with E-state index >= 15 is 0 Å². The molecule has 1 unspecified atom stereocenters. The van der Waals surface area contributed by atoms with Crippen molar-refractivity contribution in [2.75, 3.05) is 12.4 Å². The Morgan fingerprint density at radius 2 is 1.88 bits per heavy atom. The average molecular weight is 320 g/mol. The molecule has 2 aromatic heterocycles. The molecule has 0 spiro atoms. The van der Waals surface area contributed by atoms with Gasteiger partial charge in [-0.15, -0.1) is 0 Å². The Kier molecular flexibility index (Phi) is 4.70. The van der Waals surface area contributed by atoms with E-state index in [1.807, 2.05) is 12.3 Å². The van der Waals surface area contributed by atoms with Crippen molar-refractivity contribution in [1.29, 1.82) is 0 Å². The molecule has 3 rings (SSSR count). The fourth-order valence-electron chi connectivity index (χ4n) is 2.53. The second kappa shape index (κ2) is 7.08. The number of ether oxygens (including phenoxy) is 1. The van der Waals surface area contributed by atoms with Crippen LogP contribution in [-0.4, -0.2) is 22.1 Å². The predicted octanol–water partition coefficient (Wildman–Crippen LogP) is 3.70. The molecular formula is C19H20N4O. The molecule has 0 saturated heterocycles. The first-order valence-electron chi connectivity index (χ1n) is 7.77. The van der Waals surface area contributed by atoms with Gasteiger partial charge in [0.15, 0.2) is 0 Å². The van der Waals surface area contributed by atoms with Crippen LogP contribution in [0.5, 0.6) is 5.88 Å². The zero-order valence-electron chi connectivity index (χ0n) is 14.0. The zero-order chi connectivity index (χ0) is 16.9. The van der Waals surface area contributed by atoms with Gasteiger partial charge < -0.3 is 10.1 Å². The standard InChI is InChI=1S/C19H20N4O/c1-13-6-7-15(9-14(13)2)19(16-5-4-8-20-11-16)23-17-10-18(24-3)22-12-21-17/h4-12,19H,1-3H3,(H,21,22,23). The Balaban J connectivity index is 2.00. The van der Waals surface area contributed by atoms with Crippen molar-refractivity contribution in [2.45, 2.75) is 19.9 Å². The van der Waals surface area contributed by atoms with Crippen LogP contribution in [0.25, 0.3) is 0 Å². The molecule has 1 aromatic carbocycles. The first kappa shape index (κ1) is 15.9. The minimum atomic E-state index is -0.0578. The molecule has 0 amide bonds. The SMILES string of the molecule is COc1cc(NC(c2cccnc2)c2ccc(C)c(C)c2)ncn1. The van der Waals surface area contributed by atoms with E-state index in [9.17, 15) is 0 Å². The highest BCUT2D eigenvalue weighted by Gasteiger charge is 2.16. The van der Waals surface area contributed by atoms with Crippen molar-refractivity contribution in [2.24, 2.45) is 0 Å². The number of rotatable bonds is 5. The molecule has 24 heavy (non-hydrogen) atoms. The Morgan fingerprint density at radius 1 is 1.00 bits per heavy atom. The number of nitrogens with zero attached hydrogens (tertiary/aromatic N) is 3. The van der Waals surface area contributed by atoms with Crippen molar-refractivity contribution in [3.05, 3.63) is 77.4 Å². The van der Waals surface area contributed by atoms with Crippen LogP contribution in [0.15, 0.2) is 55.1 Å². The van der Waals surface area contributed by atoms with Crippen LogP contribution in [0.3, 0.4) is 0 Å². The highest BCUT2D eigenvalue weighted by Crippen LogP contribution is 2.27. The number of methoxy groups -OCH3 is 1. The molecule has 0 radical (unpaired) electrons. The van der Waals surface area contributed by atoms with E-state index in [4.69, 9.17) is 4.74 Å². The van der Waals surface area contributed by atoms with Crippen molar-refractivity contribution in [1.82, 2.24) is 15.0 Å². The molecular weight excluding hydrogens is 300 g/mol. The quantitative estimate of drug-likeness (QED) is 0.777. The molecule has 0 fully saturated rings. The summed E-state index contributed by atoms with van der Waals surface area (Å²) in [5.74, 6) is 1.23. The average Bonchev–Trinajstić information content (AvgIpc) is 2.63. The highest BCUT2D eigenvalue weighted by atomic mass is 16.5. The second-order valence-corrected chi connectivity index (χ2v) is 5.65. The maximum Gasteiger partial charge on any atom is 0.218 e. The van der Waals surface area contributed by atoms with Gasteiger partial charge in [-0.3, -0.25) is 4.98 Å². The summed E-state index contributed by atoms with van der Waals surface area (Å²) in [5, 5.41) is 3.46. The van der Waals surface area contributed by atoms with E-state index in [1.54, 1.807) is 19.4 Å². The lowest BCUT2D eigenvalue weighted by Gasteiger charge is -2.21. The van der Waals surface area contributed by atoms with Gasteiger partial charge >= 0.3 is 0 Å². The van der Waals surface area contributed by atoms with Gasteiger partial charge in [-0.1, -0.05) is 24.3 Å². The summed E-state index contributed by atoms with van der Waals surface area (Å²) in [6.45, 7) is 4.23. The first-order valence-corrected chi connectivity index (χ1v) is 7.77. The van der Waals surface area contributed by atoms with Gasteiger partial charge in [0.1, 0.15) is 12.1 Å². The number of hydrogen-bond acceptors (Lipinski definition) is 5. The maximum atomic E-state index is 5.18. The smallest absolute Gasteiger partial charge is 0.218 e. The summed E-state index contributed by atoms with van der Waals surface area (Å²) >= 11 is 0. The third kappa shape index (κ3) is 3.51. The molecule has 0 bridgehead atoms. The third-order valence-electron chi connectivity index (χ3n) is 4.03. The molecule has 5 nitrogen and oxygen atoms in total. The summed E-state index contributed by atoms with van der Waals surface area (Å²) in [4.78, 5) is 12.6. The van der Waals surface area contributed by atoms with Gasteiger partial charge in [0.25, 0.3) is 0 Å². The fraction of sp³-hybridized carbons (Fsp3) is 0.211. The molecule has 0 aliphatic carbocycles. The zero-order valence-corrected chi connectivity index (χ0v) is 14.0. The number of pyridine rings is 1. The fourth-order valence-corrected chi connectivity index (χ4v) is 2.53. The summed E-state index contributed by atoms with van der Waals surface area (Å²) in [6, 6.07) is 12.2. The molecule has 1 atom stereocenters. The highest BCUT2D eigenvalue weighted by molar-refractivity contribution is 5.46. The van der Waals surface area contributed by atoms with Gasteiger partial charge in [-0.25, -0.2) is 9.97 Å². The lowest BCUT2D eigenvalue weighted by molar-refractivity contribution is 0.397. The van der Waals surface area contributed by atoms with E-state index < -0.39 is 0 Å². The Labute approximate surface area is 141 Å². The van der Waals surface area contributed by atoms with Crippen molar-refractivity contribution in [3.63, 3.8) is 0 Å². The summed E-state index contributed by atoms with van der Waals surface area (Å²) < 4.78 is 5.18. The van der Waals surface area contributed by atoms with E-state index in [0.29, 0.717) is 11.7 Å². The lowest BCUT2D eigenvalue weighted by Crippen LogP contribution is -2.14. The van der Waals surface area contributed by atoms with E-state index in [2.05, 4.69) is 58.4 Å². The predicted molar refractivity (Wildman–Crippen MR) is 94.2 cm³/mol. The molecule has 122 valence electrons. The lowest BCUT2D eigenvalue weighted by atomic mass is 9.96. The molecule has 2 heterocycles. The summed E-state index contributed by atoms with van der Waals surface area (Å²) in [5.41, 5.74) is 4.75. The van der Waals surface area contributed by atoms with Crippen molar-refractivity contribution in [3.8, 4) is 5.88 Å². The van der Waals surface area contributed by atoms with Crippen LogP contribution >= 0.6 is 0 Å². The molecule has 1 N–H and O–H groups in total. The van der Waals surface area contributed by atoms with Gasteiger partial charge in [-0.05, 0) is 42.2 Å². The molecule has 0 aliphatic heterocycles. The van der Waals surface area contributed by atoms with E-state index in [1.165, 1.54) is 17.5 Å². The number of aryl methyl sites for hydroxylation is 2. The monoisotopic (exact) mass is 320 g/mol. The molecule has 5 heteroatoms. The molecule has 3 aromatic rings. The second-order valence-electron chi connectivity index (χ2n) is 5.65. The normalized spacial score (nSPS) is 11.8. The van der Waals surface area contributed by atoms with Gasteiger partial charge in [0.2, 0.25) is 5.88 Å². The van der Waals surface area contributed by atoms with Crippen LogP contribution in [0, 0.1) is 13.8 Å². The number of benzene rings is 1. The van der Waals surface area contributed by atoms with Crippen LogP contribution in [0.1, 0.15) is 28.3 Å².